The van der Waals surface area contributed by atoms with Gasteiger partial charge in [-0.15, -0.1) is 0 Å². The summed E-state index contributed by atoms with van der Waals surface area (Å²) in [6, 6.07) is 7.72. The minimum atomic E-state index is -0.898. The first-order chi connectivity index (χ1) is 13.4. The third-order valence-electron chi connectivity index (χ3n) is 4.63. The van der Waals surface area contributed by atoms with Crippen LogP contribution in [0.4, 0.5) is 0 Å². The molecule has 1 aromatic heterocycles. The van der Waals surface area contributed by atoms with Gasteiger partial charge in [0.1, 0.15) is 6.54 Å². The monoisotopic (exact) mass is 387 g/mol. The van der Waals surface area contributed by atoms with E-state index in [1.165, 1.54) is 0 Å². The molecule has 28 heavy (non-hydrogen) atoms. The Kier molecular flexibility index (Phi) is 6.11. The van der Waals surface area contributed by atoms with Crippen molar-refractivity contribution in [2.24, 2.45) is 5.10 Å². The van der Waals surface area contributed by atoms with Crippen LogP contribution in [0.5, 0.6) is 0 Å². The number of rotatable bonds is 7. The number of hydrazone groups is 1. The second-order valence-corrected chi connectivity index (χ2v) is 6.71. The lowest BCUT2D eigenvalue weighted by Crippen LogP contribution is -2.33. The molecule has 0 bridgehead atoms. The van der Waals surface area contributed by atoms with Crippen molar-refractivity contribution in [1.29, 1.82) is 0 Å². The van der Waals surface area contributed by atoms with E-state index in [1.807, 2.05) is 35.8 Å². The molecule has 0 spiro atoms. The molecule has 1 aliphatic rings. The molecule has 1 N–H and O–H groups in total. The highest BCUT2D eigenvalue weighted by Crippen LogP contribution is 2.25. The van der Waals surface area contributed by atoms with E-state index in [9.17, 15) is 9.59 Å². The number of ether oxygens (including phenoxy) is 3. The molecule has 0 radical (unpaired) electrons. The van der Waals surface area contributed by atoms with Crippen LogP contribution in [0, 0.1) is 6.92 Å². The van der Waals surface area contributed by atoms with Crippen LogP contribution in [0.25, 0.3) is 10.9 Å². The first kappa shape index (κ1) is 20.0. The first-order valence-electron chi connectivity index (χ1n) is 9.27. The van der Waals surface area contributed by atoms with Crippen LogP contribution in [-0.4, -0.2) is 48.3 Å². The van der Waals surface area contributed by atoms with Crippen molar-refractivity contribution in [1.82, 2.24) is 9.99 Å². The Bertz CT molecular complexity index is 897. The molecule has 3 rings (SSSR count). The maximum Gasteiger partial charge on any atom is 0.325 e. The molecular weight excluding hydrogens is 362 g/mol. The molecule has 0 saturated carbocycles. The predicted molar refractivity (Wildman–Crippen MR) is 104 cm³/mol. The Morgan fingerprint density at radius 2 is 2.04 bits per heavy atom. The molecule has 1 aliphatic heterocycles. The van der Waals surface area contributed by atoms with Gasteiger partial charge >= 0.3 is 5.97 Å². The zero-order valence-corrected chi connectivity index (χ0v) is 16.4. The molecule has 2 aromatic rings. The zero-order valence-electron chi connectivity index (χ0n) is 16.4. The van der Waals surface area contributed by atoms with Crippen molar-refractivity contribution >= 4 is 29.0 Å². The van der Waals surface area contributed by atoms with Gasteiger partial charge < -0.3 is 18.8 Å². The molecule has 1 aromatic carbocycles. The van der Waals surface area contributed by atoms with Gasteiger partial charge in [0, 0.05) is 22.2 Å². The van der Waals surface area contributed by atoms with Crippen molar-refractivity contribution < 1.29 is 23.8 Å². The molecule has 150 valence electrons. The van der Waals surface area contributed by atoms with Gasteiger partial charge in [0.25, 0.3) is 0 Å². The van der Waals surface area contributed by atoms with Gasteiger partial charge in [0.05, 0.1) is 32.5 Å². The number of carbonyl (C=O) groups is 2. The van der Waals surface area contributed by atoms with Gasteiger partial charge in [0.15, 0.2) is 5.79 Å². The quantitative estimate of drug-likeness (QED) is 0.446. The molecular formula is C20H25N3O5. The maximum absolute atomic E-state index is 12.1. The molecule has 1 fully saturated rings. The highest BCUT2D eigenvalue weighted by Gasteiger charge is 2.33. The largest absolute Gasteiger partial charge is 0.465 e. The highest BCUT2D eigenvalue weighted by molar-refractivity contribution is 6.01. The lowest BCUT2D eigenvalue weighted by Gasteiger charge is -2.20. The van der Waals surface area contributed by atoms with Crippen LogP contribution in [0.1, 0.15) is 31.5 Å². The van der Waals surface area contributed by atoms with Crippen LogP contribution in [-0.2, 0) is 30.3 Å². The number of nitrogens with one attached hydrogen (secondary N) is 1. The molecule has 0 aliphatic carbocycles. The minimum absolute atomic E-state index is 0.0634. The van der Waals surface area contributed by atoms with Crippen molar-refractivity contribution in [3.05, 3.63) is 35.5 Å². The Labute approximate surface area is 163 Å². The van der Waals surface area contributed by atoms with Crippen molar-refractivity contribution in [3.8, 4) is 0 Å². The summed E-state index contributed by atoms with van der Waals surface area (Å²) in [7, 11) is 0. The van der Waals surface area contributed by atoms with Crippen LogP contribution in [0.15, 0.2) is 29.4 Å². The smallest absolute Gasteiger partial charge is 0.325 e. The normalized spacial score (nSPS) is 16.0. The molecule has 1 saturated heterocycles. The fraction of sp³-hybridized carbons (Fsp3) is 0.450. The lowest BCUT2D eigenvalue weighted by atomic mass is 10.1. The molecule has 2 heterocycles. The number of nitrogens with zero attached hydrogens (tertiary/aromatic N) is 2. The number of fused-ring (bicyclic) bond motifs is 1. The van der Waals surface area contributed by atoms with Gasteiger partial charge in [-0.05, 0) is 26.8 Å². The summed E-state index contributed by atoms with van der Waals surface area (Å²) in [6.45, 7) is 6.83. The molecule has 0 unspecified atom stereocenters. The van der Waals surface area contributed by atoms with E-state index in [2.05, 4.69) is 10.5 Å². The summed E-state index contributed by atoms with van der Waals surface area (Å²) in [4.78, 5) is 24.1. The highest BCUT2D eigenvalue weighted by atomic mass is 16.7. The number of aromatic nitrogens is 1. The zero-order chi connectivity index (χ0) is 20.1. The summed E-state index contributed by atoms with van der Waals surface area (Å²) in [5.41, 5.74) is 5.11. The molecule has 8 nitrogen and oxygen atoms in total. The van der Waals surface area contributed by atoms with E-state index in [0.717, 1.165) is 22.2 Å². The van der Waals surface area contributed by atoms with Gasteiger partial charge in [-0.1, -0.05) is 18.2 Å². The maximum atomic E-state index is 12.1. The standard InChI is InChI=1S/C20H25N3O5/c1-4-26-19(25)13-23-14(2)16(15-7-5-6-8-17(15)23)12-21-22-18(24)11-20(3)27-9-10-28-20/h5-8,12H,4,9-11,13H2,1-3H3,(H,22,24). The predicted octanol–water partition coefficient (Wildman–Crippen LogP) is 2.12. The number of para-hydroxylation sites is 1. The second-order valence-electron chi connectivity index (χ2n) is 6.71. The van der Waals surface area contributed by atoms with Gasteiger partial charge in [-0.25, -0.2) is 5.43 Å². The first-order valence-corrected chi connectivity index (χ1v) is 9.27. The van der Waals surface area contributed by atoms with E-state index in [1.54, 1.807) is 20.1 Å². The van der Waals surface area contributed by atoms with E-state index in [0.29, 0.717) is 19.8 Å². The number of carbonyl (C=O) groups excluding carboxylic acids is 2. The fourth-order valence-corrected chi connectivity index (χ4v) is 3.32. The van der Waals surface area contributed by atoms with Crippen molar-refractivity contribution in [2.75, 3.05) is 19.8 Å². The van der Waals surface area contributed by atoms with E-state index >= 15 is 0 Å². The number of amides is 1. The third kappa shape index (κ3) is 4.40. The summed E-state index contributed by atoms with van der Waals surface area (Å²) < 4.78 is 17.8. The van der Waals surface area contributed by atoms with Crippen LogP contribution < -0.4 is 5.43 Å². The third-order valence-corrected chi connectivity index (χ3v) is 4.63. The summed E-state index contributed by atoms with van der Waals surface area (Å²) >= 11 is 0. The number of benzene rings is 1. The van der Waals surface area contributed by atoms with Crippen molar-refractivity contribution in [3.63, 3.8) is 0 Å². The van der Waals surface area contributed by atoms with E-state index in [4.69, 9.17) is 14.2 Å². The summed E-state index contributed by atoms with van der Waals surface area (Å²) in [5.74, 6) is -1.49. The van der Waals surface area contributed by atoms with Crippen molar-refractivity contribution in [2.45, 2.75) is 39.5 Å². The number of hydrogen-bond donors (Lipinski definition) is 1. The topological polar surface area (TPSA) is 91.2 Å². The summed E-state index contributed by atoms with van der Waals surface area (Å²) in [5, 5.41) is 5.03. The molecule has 1 amide bonds. The number of hydrogen-bond acceptors (Lipinski definition) is 6. The average molecular weight is 387 g/mol. The Morgan fingerprint density at radius 1 is 1.32 bits per heavy atom. The minimum Gasteiger partial charge on any atom is -0.465 e. The van der Waals surface area contributed by atoms with E-state index < -0.39 is 5.79 Å². The molecule has 8 heteroatoms. The SMILES string of the molecule is CCOC(=O)Cn1c(C)c(C=NNC(=O)CC2(C)OCCO2)c2ccccc21. The Morgan fingerprint density at radius 3 is 2.75 bits per heavy atom. The average Bonchev–Trinajstić information content (AvgIpc) is 3.19. The molecule has 0 atom stereocenters. The Balaban J connectivity index is 1.77. The van der Waals surface area contributed by atoms with Crippen LogP contribution in [0.3, 0.4) is 0 Å². The lowest BCUT2D eigenvalue weighted by molar-refractivity contribution is -0.159. The van der Waals surface area contributed by atoms with Crippen LogP contribution in [0.2, 0.25) is 0 Å². The number of esters is 1. The fourth-order valence-electron chi connectivity index (χ4n) is 3.32. The van der Waals surface area contributed by atoms with Crippen LogP contribution >= 0.6 is 0 Å². The van der Waals surface area contributed by atoms with Gasteiger partial charge in [-0.3, -0.25) is 9.59 Å². The summed E-state index contributed by atoms with van der Waals surface area (Å²) in [6.07, 6.45) is 1.66. The van der Waals surface area contributed by atoms with Gasteiger partial charge in [0.2, 0.25) is 5.91 Å². The van der Waals surface area contributed by atoms with E-state index in [-0.39, 0.29) is 24.8 Å². The van der Waals surface area contributed by atoms with Gasteiger partial charge in [-0.2, -0.15) is 5.10 Å². The Hall–Kier alpha value is -2.71. The second kappa shape index (κ2) is 8.53.